The van der Waals surface area contributed by atoms with Crippen LogP contribution in [0.15, 0.2) is 71.8 Å². The molecule has 3 aromatic rings. The number of carbonyl (C=O) groups excluding carboxylic acids is 3. The van der Waals surface area contributed by atoms with Crippen LogP contribution in [0.25, 0.3) is 0 Å². The first-order valence-corrected chi connectivity index (χ1v) is 13.4. The zero-order chi connectivity index (χ0) is 29.5. The highest BCUT2D eigenvalue weighted by Gasteiger charge is 2.13. The lowest BCUT2D eigenvalue weighted by molar-refractivity contribution is -0.120. The number of carbonyl (C=O) groups is 3. The Morgan fingerprint density at radius 1 is 0.805 bits per heavy atom. The predicted molar refractivity (Wildman–Crippen MR) is 155 cm³/mol. The number of methoxy groups -OCH3 is 1. The number of hydrogen-bond donors (Lipinski definition) is 2. The van der Waals surface area contributed by atoms with E-state index in [1.807, 2.05) is 6.92 Å². The summed E-state index contributed by atoms with van der Waals surface area (Å²) in [5, 5.41) is 6.45. The summed E-state index contributed by atoms with van der Waals surface area (Å²) in [6.45, 7) is 5.06. The largest absolute Gasteiger partial charge is 0.494 e. The van der Waals surface area contributed by atoms with Gasteiger partial charge in [0.25, 0.3) is 11.8 Å². The first kappa shape index (κ1) is 30.7. The number of rotatable bonds is 15. The van der Waals surface area contributed by atoms with Gasteiger partial charge in [-0.2, -0.15) is 5.10 Å². The van der Waals surface area contributed by atoms with Crippen molar-refractivity contribution in [2.45, 2.75) is 33.1 Å². The van der Waals surface area contributed by atoms with Crippen molar-refractivity contribution in [3.63, 3.8) is 0 Å². The molecule has 0 bridgehead atoms. The van der Waals surface area contributed by atoms with Crippen LogP contribution in [0.2, 0.25) is 0 Å². The Kier molecular flexibility index (Phi) is 12.2. The summed E-state index contributed by atoms with van der Waals surface area (Å²) in [5.74, 6) is 0.473. The van der Waals surface area contributed by atoms with Gasteiger partial charge < -0.3 is 24.3 Å². The molecule has 0 fully saturated rings. The normalized spacial score (nSPS) is 10.6. The summed E-state index contributed by atoms with van der Waals surface area (Å²) >= 11 is 0. The molecule has 0 aliphatic heterocycles. The van der Waals surface area contributed by atoms with Crippen LogP contribution in [0.5, 0.6) is 23.0 Å². The Morgan fingerprint density at radius 3 is 2.10 bits per heavy atom. The van der Waals surface area contributed by atoms with Crippen LogP contribution in [-0.4, -0.2) is 50.9 Å². The fourth-order valence-corrected chi connectivity index (χ4v) is 3.43. The van der Waals surface area contributed by atoms with Crippen LogP contribution in [0.4, 0.5) is 0 Å². The Labute approximate surface area is 239 Å². The number of nitrogens with one attached hydrogen (secondary N) is 2. The van der Waals surface area contributed by atoms with Crippen LogP contribution in [0.3, 0.4) is 0 Å². The van der Waals surface area contributed by atoms with Crippen molar-refractivity contribution in [2.24, 2.45) is 5.10 Å². The maximum absolute atomic E-state index is 12.6. The molecule has 0 aromatic heterocycles. The maximum Gasteiger partial charge on any atom is 0.343 e. The van der Waals surface area contributed by atoms with Crippen LogP contribution in [0.1, 0.15) is 59.4 Å². The number of hydrogen-bond acceptors (Lipinski definition) is 8. The average Bonchev–Trinajstić information content (AvgIpc) is 3.00. The standard InChI is InChI=1S/C31H35N3O7/c1-4-6-18-40-26-14-10-24(11-15-26)31(37)41-27-16-7-22(19-28(27)38-3)20-33-34-29(35)21-32-30(36)23-8-12-25(13-9-23)39-17-5-2/h7-16,19-20H,4-6,17-18,21H2,1-3H3,(H,32,36)(H,34,35). The topological polar surface area (TPSA) is 125 Å². The molecule has 0 aliphatic carbocycles. The molecule has 2 N–H and O–H groups in total. The number of unbranched alkanes of at least 4 members (excludes halogenated alkanes) is 1. The van der Waals surface area contributed by atoms with Gasteiger partial charge in [-0.3, -0.25) is 9.59 Å². The van der Waals surface area contributed by atoms with Crippen molar-refractivity contribution in [2.75, 3.05) is 26.9 Å². The molecule has 41 heavy (non-hydrogen) atoms. The molecule has 216 valence electrons. The summed E-state index contributed by atoms with van der Waals surface area (Å²) in [6.07, 6.45) is 4.29. The van der Waals surface area contributed by atoms with Crippen molar-refractivity contribution >= 4 is 24.0 Å². The molecule has 10 nitrogen and oxygen atoms in total. The molecule has 0 heterocycles. The second kappa shape index (κ2) is 16.3. The molecule has 2 amide bonds. The summed E-state index contributed by atoms with van der Waals surface area (Å²) in [4.78, 5) is 37.0. The first-order valence-electron chi connectivity index (χ1n) is 13.4. The fourth-order valence-electron chi connectivity index (χ4n) is 3.43. The lowest BCUT2D eigenvalue weighted by Crippen LogP contribution is -2.34. The van der Waals surface area contributed by atoms with E-state index < -0.39 is 17.8 Å². The third-order valence-electron chi connectivity index (χ3n) is 5.65. The molecule has 3 rings (SSSR count). The lowest BCUT2D eigenvalue weighted by atomic mass is 10.2. The van der Waals surface area contributed by atoms with E-state index in [1.165, 1.54) is 13.3 Å². The van der Waals surface area contributed by atoms with Gasteiger partial charge in [0.1, 0.15) is 11.5 Å². The molecule has 3 aromatic carbocycles. The van der Waals surface area contributed by atoms with E-state index >= 15 is 0 Å². The maximum atomic E-state index is 12.6. The molecule has 0 spiro atoms. The van der Waals surface area contributed by atoms with Crippen LogP contribution < -0.4 is 29.7 Å². The minimum atomic E-state index is -0.542. The Morgan fingerprint density at radius 2 is 1.46 bits per heavy atom. The number of hydrazone groups is 1. The number of ether oxygens (including phenoxy) is 4. The van der Waals surface area contributed by atoms with E-state index in [2.05, 4.69) is 22.8 Å². The SMILES string of the molecule is CCCCOc1ccc(C(=O)Oc2ccc(C=NNC(=O)CNC(=O)c3ccc(OCCC)cc3)cc2OC)cc1. The van der Waals surface area contributed by atoms with Gasteiger partial charge in [-0.1, -0.05) is 20.3 Å². The second-order valence-corrected chi connectivity index (χ2v) is 8.87. The predicted octanol–water partition coefficient (Wildman–Crippen LogP) is 4.76. The lowest BCUT2D eigenvalue weighted by Gasteiger charge is -2.10. The number of benzene rings is 3. The van der Waals surface area contributed by atoms with E-state index in [1.54, 1.807) is 66.7 Å². The van der Waals surface area contributed by atoms with Crippen LogP contribution in [0, 0.1) is 0 Å². The van der Waals surface area contributed by atoms with E-state index in [0.717, 1.165) is 19.3 Å². The fraction of sp³-hybridized carbons (Fsp3) is 0.290. The van der Waals surface area contributed by atoms with Gasteiger partial charge >= 0.3 is 5.97 Å². The quantitative estimate of drug-likeness (QED) is 0.0901. The van der Waals surface area contributed by atoms with Crippen molar-refractivity contribution in [1.82, 2.24) is 10.7 Å². The zero-order valence-electron chi connectivity index (χ0n) is 23.5. The van der Waals surface area contributed by atoms with Crippen molar-refractivity contribution in [3.8, 4) is 23.0 Å². The molecular weight excluding hydrogens is 526 g/mol. The molecule has 0 aliphatic rings. The van der Waals surface area contributed by atoms with Gasteiger partial charge in [-0.15, -0.1) is 0 Å². The Hall–Kier alpha value is -4.86. The van der Waals surface area contributed by atoms with Crippen molar-refractivity contribution in [3.05, 3.63) is 83.4 Å². The number of nitrogens with zero attached hydrogens (tertiary/aromatic N) is 1. The average molecular weight is 562 g/mol. The van der Waals surface area contributed by atoms with Gasteiger partial charge in [-0.25, -0.2) is 10.2 Å². The molecule has 0 saturated carbocycles. The van der Waals surface area contributed by atoms with Gasteiger partial charge in [0.2, 0.25) is 0 Å². The minimum absolute atomic E-state index is 0.231. The van der Waals surface area contributed by atoms with Crippen molar-refractivity contribution < 1.29 is 33.3 Å². The number of amides is 2. The summed E-state index contributed by atoms with van der Waals surface area (Å²) in [7, 11) is 1.45. The monoisotopic (exact) mass is 561 g/mol. The summed E-state index contributed by atoms with van der Waals surface area (Å²) in [5.41, 5.74) is 3.72. The minimum Gasteiger partial charge on any atom is -0.494 e. The van der Waals surface area contributed by atoms with E-state index in [-0.39, 0.29) is 12.3 Å². The molecule has 0 saturated heterocycles. The Balaban J connectivity index is 1.48. The number of esters is 1. The third-order valence-corrected chi connectivity index (χ3v) is 5.65. The molecule has 0 unspecified atom stereocenters. The highest BCUT2D eigenvalue weighted by atomic mass is 16.6. The van der Waals surface area contributed by atoms with E-state index in [0.29, 0.717) is 47.2 Å². The summed E-state index contributed by atoms with van der Waals surface area (Å²) < 4.78 is 22.0. The highest BCUT2D eigenvalue weighted by molar-refractivity contribution is 5.96. The van der Waals surface area contributed by atoms with Gasteiger partial charge in [-0.05, 0) is 85.1 Å². The van der Waals surface area contributed by atoms with E-state index in [9.17, 15) is 14.4 Å². The van der Waals surface area contributed by atoms with Crippen LogP contribution in [-0.2, 0) is 4.79 Å². The Bertz CT molecular complexity index is 1320. The molecule has 10 heteroatoms. The molecule has 0 radical (unpaired) electrons. The third kappa shape index (κ3) is 9.99. The van der Waals surface area contributed by atoms with Gasteiger partial charge in [0.15, 0.2) is 11.5 Å². The van der Waals surface area contributed by atoms with E-state index in [4.69, 9.17) is 18.9 Å². The zero-order valence-corrected chi connectivity index (χ0v) is 23.5. The smallest absolute Gasteiger partial charge is 0.343 e. The molecular formula is C31H35N3O7. The highest BCUT2D eigenvalue weighted by Crippen LogP contribution is 2.28. The van der Waals surface area contributed by atoms with Gasteiger partial charge in [0, 0.05) is 5.56 Å². The molecule has 0 atom stereocenters. The van der Waals surface area contributed by atoms with Crippen molar-refractivity contribution in [1.29, 1.82) is 0 Å². The second-order valence-electron chi connectivity index (χ2n) is 8.87. The van der Waals surface area contributed by atoms with Crippen LogP contribution >= 0.6 is 0 Å². The first-order chi connectivity index (χ1) is 19.9. The summed E-state index contributed by atoms with van der Waals surface area (Å²) in [6, 6.07) is 18.2. The van der Waals surface area contributed by atoms with Gasteiger partial charge in [0.05, 0.1) is 38.6 Å².